The van der Waals surface area contributed by atoms with Gasteiger partial charge in [0.2, 0.25) is 0 Å². The van der Waals surface area contributed by atoms with E-state index in [1.165, 1.54) is 30.4 Å². The van der Waals surface area contributed by atoms with Crippen molar-refractivity contribution in [2.45, 2.75) is 84.5 Å². The van der Waals surface area contributed by atoms with Crippen molar-refractivity contribution in [1.29, 1.82) is 0 Å². The summed E-state index contributed by atoms with van der Waals surface area (Å²) >= 11 is 0. The Morgan fingerprint density at radius 3 is 2.61 bits per heavy atom. The number of nitrogens with zero attached hydrogens (tertiary/aromatic N) is 5. The summed E-state index contributed by atoms with van der Waals surface area (Å²) in [6.45, 7) is 7.56. The van der Waals surface area contributed by atoms with E-state index in [0.717, 1.165) is 47.1 Å². The number of H-pyrrole nitrogens is 1. The van der Waals surface area contributed by atoms with Crippen LogP contribution in [0.2, 0.25) is 0 Å². The van der Waals surface area contributed by atoms with E-state index in [4.69, 9.17) is 0 Å². The average Bonchev–Trinajstić information content (AvgIpc) is 3.35. The molecule has 7 nitrogen and oxygen atoms in total. The van der Waals surface area contributed by atoms with Crippen molar-refractivity contribution in [2.75, 3.05) is 0 Å². The third-order valence-corrected chi connectivity index (χ3v) is 7.84. The summed E-state index contributed by atoms with van der Waals surface area (Å²) in [7, 11) is 0. The first-order valence-electron chi connectivity index (χ1n) is 13.2. The lowest BCUT2D eigenvalue weighted by atomic mass is 9.92. The van der Waals surface area contributed by atoms with Crippen LogP contribution in [0.4, 0.5) is 0 Å². The summed E-state index contributed by atoms with van der Waals surface area (Å²) in [5.74, 6) is 0.871. The number of rotatable bonds is 8. The zero-order chi connectivity index (χ0) is 25.1. The van der Waals surface area contributed by atoms with E-state index < -0.39 is 0 Å². The van der Waals surface area contributed by atoms with Gasteiger partial charge in [0, 0.05) is 18.2 Å². The smallest absolute Gasteiger partial charge is 0.252 e. The molecule has 7 heteroatoms. The Morgan fingerprint density at radius 2 is 1.86 bits per heavy atom. The van der Waals surface area contributed by atoms with E-state index in [0.29, 0.717) is 19.1 Å². The highest BCUT2D eigenvalue weighted by Gasteiger charge is 2.32. The summed E-state index contributed by atoms with van der Waals surface area (Å²) < 4.78 is 1.93. The van der Waals surface area contributed by atoms with Crippen LogP contribution in [0.3, 0.4) is 0 Å². The first-order chi connectivity index (χ1) is 17.5. The van der Waals surface area contributed by atoms with Gasteiger partial charge in [-0.1, -0.05) is 68.7 Å². The lowest BCUT2D eigenvalue weighted by Crippen LogP contribution is -2.41. The highest BCUT2D eigenvalue weighted by molar-refractivity contribution is 5.83. The molecule has 0 bridgehead atoms. The maximum absolute atomic E-state index is 13.3. The first kappa shape index (κ1) is 24.4. The molecule has 0 unspecified atom stereocenters. The summed E-state index contributed by atoms with van der Waals surface area (Å²) in [6.07, 6.45) is 6.87. The molecule has 1 atom stereocenters. The molecule has 1 saturated carbocycles. The number of aromatic amines is 1. The molecule has 2 aromatic heterocycles. The zero-order valence-corrected chi connectivity index (χ0v) is 21.6. The number of aryl methyl sites for hydroxylation is 2. The molecule has 0 radical (unpaired) electrons. The largest absolute Gasteiger partial charge is 0.321 e. The lowest BCUT2D eigenvalue weighted by molar-refractivity contribution is 0.0844. The number of aromatic nitrogens is 5. The van der Waals surface area contributed by atoms with E-state index in [2.05, 4.69) is 76.5 Å². The summed E-state index contributed by atoms with van der Waals surface area (Å²) in [5, 5.41) is 14.0. The number of benzene rings is 2. The third-order valence-electron chi connectivity index (χ3n) is 7.84. The van der Waals surface area contributed by atoms with Crippen molar-refractivity contribution in [3.63, 3.8) is 0 Å². The molecule has 2 aromatic carbocycles. The molecule has 1 aliphatic rings. The van der Waals surface area contributed by atoms with Crippen LogP contribution in [0.15, 0.2) is 53.3 Å². The fourth-order valence-electron chi connectivity index (χ4n) is 5.68. The number of fused-ring (bicyclic) bond motifs is 1. The summed E-state index contributed by atoms with van der Waals surface area (Å²) in [6, 6.07) is 17.1. The number of nitrogens with one attached hydrogen (secondary N) is 1. The molecule has 0 saturated heterocycles. The van der Waals surface area contributed by atoms with Crippen molar-refractivity contribution in [1.82, 2.24) is 30.1 Å². The second-order valence-electron chi connectivity index (χ2n) is 10.2. The van der Waals surface area contributed by atoms with Crippen LogP contribution in [0.1, 0.15) is 79.6 Å². The van der Waals surface area contributed by atoms with Gasteiger partial charge < -0.3 is 4.98 Å². The number of tetrazole rings is 1. The molecule has 0 amide bonds. The van der Waals surface area contributed by atoms with Gasteiger partial charge in [-0.15, -0.1) is 5.10 Å². The Morgan fingerprint density at radius 1 is 1.08 bits per heavy atom. The zero-order valence-electron chi connectivity index (χ0n) is 21.6. The topological polar surface area (TPSA) is 79.7 Å². The molecule has 36 heavy (non-hydrogen) atoms. The van der Waals surface area contributed by atoms with Gasteiger partial charge in [0.15, 0.2) is 5.82 Å². The van der Waals surface area contributed by atoms with Gasteiger partial charge >= 0.3 is 0 Å². The van der Waals surface area contributed by atoms with Gasteiger partial charge in [0.05, 0.1) is 18.1 Å². The maximum Gasteiger partial charge on any atom is 0.252 e. The highest BCUT2D eigenvalue weighted by atomic mass is 16.1. The van der Waals surface area contributed by atoms with Crippen molar-refractivity contribution >= 4 is 10.9 Å². The SMILES string of the molecule is CC[C@H](c1nnnn1Cc1ccccc1)N(Cc1cc2ccc(C)c(C)c2[nH]c1=O)C1CCCCC1. The molecule has 1 fully saturated rings. The molecule has 0 spiro atoms. The van der Waals surface area contributed by atoms with Crippen molar-refractivity contribution in [3.8, 4) is 0 Å². The van der Waals surface area contributed by atoms with Gasteiger partial charge in [0.25, 0.3) is 5.56 Å². The molecule has 0 aliphatic heterocycles. The lowest BCUT2D eigenvalue weighted by Gasteiger charge is -2.39. The number of hydrogen-bond donors (Lipinski definition) is 1. The van der Waals surface area contributed by atoms with Crippen molar-refractivity contribution < 1.29 is 0 Å². The van der Waals surface area contributed by atoms with Crippen LogP contribution in [0.5, 0.6) is 0 Å². The Labute approximate surface area is 212 Å². The van der Waals surface area contributed by atoms with Crippen LogP contribution in [0, 0.1) is 13.8 Å². The quantitative estimate of drug-likeness (QED) is 0.359. The molecule has 1 N–H and O–H groups in total. The number of pyridine rings is 1. The average molecular weight is 485 g/mol. The molecule has 5 rings (SSSR count). The predicted molar refractivity (Wildman–Crippen MR) is 143 cm³/mol. The highest BCUT2D eigenvalue weighted by Crippen LogP contribution is 2.33. The summed E-state index contributed by atoms with van der Waals surface area (Å²) in [4.78, 5) is 19.0. The minimum Gasteiger partial charge on any atom is -0.321 e. The Bertz CT molecular complexity index is 1370. The van der Waals surface area contributed by atoms with Crippen molar-refractivity contribution in [3.05, 3.63) is 87.0 Å². The molecule has 4 aromatic rings. The van der Waals surface area contributed by atoms with Crippen molar-refractivity contribution in [2.24, 2.45) is 0 Å². The minimum atomic E-state index is -0.00394. The van der Waals surface area contributed by atoms with E-state index in [-0.39, 0.29) is 11.6 Å². The third kappa shape index (κ3) is 4.98. The molecular weight excluding hydrogens is 448 g/mol. The summed E-state index contributed by atoms with van der Waals surface area (Å²) in [5.41, 5.74) is 5.22. The standard InChI is InChI=1S/C29H36N6O/c1-4-26(28-31-32-33-35(28)18-22-11-7-5-8-12-22)34(25-13-9-6-10-14-25)19-24-17-23-16-15-20(2)21(3)27(23)30-29(24)36/h5,7-8,11-12,15-17,25-26H,4,6,9-10,13-14,18-19H2,1-3H3,(H,30,36)/t26-/m1/s1. The molecular formula is C29H36N6O. The van der Waals surface area contributed by atoms with E-state index in [1.54, 1.807) is 0 Å². The van der Waals surface area contributed by atoms with Crippen LogP contribution in [-0.2, 0) is 13.1 Å². The molecule has 1 aliphatic carbocycles. The van der Waals surface area contributed by atoms with Crippen LogP contribution in [-0.4, -0.2) is 36.1 Å². The second-order valence-corrected chi connectivity index (χ2v) is 10.2. The minimum absolute atomic E-state index is 0.00394. The Balaban J connectivity index is 1.51. The Kier molecular flexibility index (Phi) is 7.28. The monoisotopic (exact) mass is 484 g/mol. The number of hydrogen-bond acceptors (Lipinski definition) is 5. The van der Waals surface area contributed by atoms with Gasteiger partial charge in [-0.05, 0) is 71.7 Å². The molecule has 188 valence electrons. The van der Waals surface area contributed by atoms with Gasteiger partial charge in [0.1, 0.15) is 0 Å². The van der Waals surface area contributed by atoms with E-state index in [9.17, 15) is 4.79 Å². The van der Waals surface area contributed by atoms with Gasteiger partial charge in [-0.3, -0.25) is 9.69 Å². The fraction of sp³-hybridized carbons (Fsp3) is 0.448. The van der Waals surface area contributed by atoms with Gasteiger partial charge in [-0.2, -0.15) is 0 Å². The van der Waals surface area contributed by atoms with Gasteiger partial charge in [-0.25, -0.2) is 4.68 Å². The normalized spacial score (nSPS) is 15.6. The second kappa shape index (κ2) is 10.7. The molecule has 2 heterocycles. The van der Waals surface area contributed by atoms with Crippen LogP contribution >= 0.6 is 0 Å². The Hall–Kier alpha value is -3.32. The predicted octanol–water partition coefficient (Wildman–Crippen LogP) is 5.47. The van der Waals surface area contributed by atoms with E-state index >= 15 is 0 Å². The van der Waals surface area contributed by atoms with Crippen LogP contribution < -0.4 is 5.56 Å². The van der Waals surface area contributed by atoms with E-state index in [1.807, 2.05) is 22.9 Å². The van der Waals surface area contributed by atoms with Crippen LogP contribution in [0.25, 0.3) is 10.9 Å². The fourth-order valence-corrected chi connectivity index (χ4v) is 5.68. The first-order valence-corrected chi connectivity index (χ1v) is 13.2. The maximum atomic E-state index is 13.3.